The van der Waals surface area contributed by atoms with Gasteiger partial charge in [-0.3, -0.25) is 14.9 Å². The molecular formula is C11H10N2O4S. The van der Waals surface area contributed by atoms with Gasteiger partial charge in [0.05, 0.1) is 9.82 Å². The fourth-order valence-electron chi connectivity index (χ4n) is 1.36. The number of carbonyl (C=O) groups is 1. The van der Waals surface area contributed by atoms with E-state index in [9.17, 15) is 14.9 Å². The van der Waals surface area contributed by atoms with Crippen molar-refractivity contribution in [2.75, 3.05) is 0 Å². The Labute approximate surface area is 107 Å². The topological polar surface area (TPSA) is 104 Å². The molecule has 1 aromatic rings. The van der Waals surface area contributed by atoms with Gasteiger partial charge in [-0.15, -0.1) is 11.8 Å². The molecule has 1 aromatic carbocycles. The van der Waals surface area contributed by atoms with E-state index in [1.807, 2.05) is 0 Å². The molecule has 6 nitrogen and oxygen atoms in total. The number of nitrogens with zero attached hydrogens (tertiary/aromatic N) is 2. The second kappa shape index (κ2) is 6.02. The number of carboxylic acid groups (broad SMARTS) is 1. The van der Waals surface area contributed by atoms with Gasteiger partial charge >= 0.3 is 11.7 Å². The number of nitro groups is 1. The maximum absolute atomic E-state index is 10.9. The van der Waals surface area contributed by atoms with Crippen LogP contribution in [0, 0.1) is 21.4 Å². The molecule has 1 atom stereocenters. The van der Waals surface area contributed by atoms with Crippen LogP contribution in [0.1, 0.15) is 18.9 Å². The highest BCUT2D eigenvalue weighted by atomic mass is 32.2. The number of nitro benzene ring substituents is 1. The molecule has 0 amide bonds. The summed E-state index contributed by atoms with van der Waals surface area (Å²) < 4.78 is 0. The number of hydrogen-bond acceptors (Lipinski definition) is 5. The van der Waals surface area contributed by atoms with Gasteiger partial charge < -0.3 is 5.11 Å². The predicted octanol–water partition coefficient (Wildman–Crippen LogP) is 2.42. The minimum Gasteiger partial charge on any atom is -0.480 e. The van der Waals surface area contributed by atoms with E-state index in [2.05, 4.69) is 0 Å². The Morgan fingerprint density at radius 1 is 1.67 bits per heavy atom. The number of nitriles is 1. The van der Waals surface area contributed by atoms with Gasteiger partial charge in [0.15, 0.2) is 0 Å². The van der Waals surface area contributed by atoms with Crippen LogP contribution in [0.25, 0.3) is 0 Å². The molecule has 7 heteroatoms. The summed E-state index contributed by atoms with van der Waals surface area (Å²) in [5.74, 6) is -1.03. The highest BCUT2D eigenvalue weighted by molar-refractivity contribution is 8.00. The van der Waals surface area contributed by atoms with Crippen LogP contribution in [0.2, 0.25) is 0 Å². The van der Waals surface area contributed by atoms with Gasteiger partial charge in [-0.25, -0.2) is 0 Å². The molecule has 0 fully saturated rings. The maximum atomic E-state index is 10.9. The molecule has 0 bridgehead atoms. The van der Waals surface area contributed by atoms with Gasteiger partial charge in [0.2, 0.25) is 0 Å². The Balaban J connectivity index is 3.21. The summed E-state index contributed by atoms with van der Waals surface area (Å²) in [7, 11) is 0. The minimum absolute atomic E-state index is 0.0646. The van der Waals surface area contributed by atoms with Crippen molar-refractivity contribution in [2.24, 2.45) is 0 Å². The molecule has 0 heterocycles. The summed E-state index contributed by atoms with van der Waals surface area (Å²) in [6, 6.07) is 6.03. The largest absolute Gasteiger partial charge is 0.480 e. The van der Waals surface area contributed by atoms with Gasteiger partial charge in [0.25, 0.3) is 0 Å². The Hall–Kier alpha value is -2.07. The molecule has 0 saturated heterocycles. The molecule has 0 radical (unpaired) electrons. The zero-order chi connectivity index (χ0) is 13.7. The van der Waals surface area contributed by atoms with Crippen LogP contribution in [0.3, 0.4) is 0 Å². The van der Waals surface area contributed by atoms with Gasteiger partial charge in [-0.1, -0.05) is 13.0 Å². The Bertz CT molecular complexity index is 524. The second-order valence-electron chi connectivity index (χ2n) is 3.37. The van der Waals surface area contributed by atoms with Crippen molar-refractivity contribution in [3.05, 3.63) is 33.9 Å². The summed E-state index contributed by atoms with van der Waals surface area (Å²) >= 11 is 0.889. The third-order valence-electron chi connectivity index (χ3n) is 2.22. The lowest BCUT2D eigenvalue weighted by molar-refractivity contribution is -0.388. The van der Waals surface area contributed by atoms with Gasteiger partial charge in [-0.05, 0) is 18.6 Å². The lowest BCUT2D eigenvalue weighted by atomic mass is 10.2. The predicted molar refractivity (Wildman–Crippen MR) is 65.4 cm³/mol. The molecule has 0 saturated carbocycles. The van der Waals surface area contributed by atoms with Crippen LogP contribution >= 0.6 is 11.8 Å². The average molecular weight is 266 g/mol. The van der Waals surface area contributed by atoms with Crippen molar-refractivity contribution in [1.82, 2.24) is 0 Å². The number of benzene rings is 1. The van der Waals surface area contributed by atoms with Crippen LogP contribution < -0.4 is 0 Å². The standard InChI is InChI=1S/C11H10N2O4S/c1-2-8(11(14)15)18-9-5-3-4-7(6-12)10(9)13(16)17/h3-5,8H,2H2,1H3,(H,14,15). The van der Waals surface area contributed by atoms with Crippen molar-refractivity contribution in [1.29, 1.82) is 5.26 Å². The molecule has 94 valence electrons. The van der Waals surface area contributed by atoms with E-state index in [4.69, 9.17) is 10.4 Å². The highest BCUT2D eigenvalue weighted by Crippen LogP contribution is 2.35. The lowest BCUT2D eigenvalue weighted by Crippen LogP contribution is -2.15. The zero-order valence-corrected chi connectivity index (χ0v) is 10.3. The smallest absolute Gasteiger partial charge is 0.316 e. The third kappa shape index (κ3) is 2.99. The summed E-state index contributed by atoms with van der Waals surface area (Å²) in [6.45, 7) is 1.69. The zero-order valence-electron chi connectivity index (χ0n) is 9.49. The number of thioether (sulfide) groups is 1. The first kappa shape index (κ1) is 14.0. The Morgan fingerprint density at radius 2 is 2.33 bits per heavy atom. The number of aliphatic carboxylic acids is 1. The average Bonchev–Trinajstić information content (AvgIpc) is 2.34. The molecular weight excluding hydrogens is 256 g/mol. The molecule has 1 rings (SSSR count). The van der Waals surface area contributed by atoms with Crippen molar-refractivity contribution >= 4 is 23.4 Å². The summed E-state index contributed by atoms with van der Waals surface area (Å²) in [5, 5.41) is 27.9. The first-order chi connectivity index (χ1) is 8.51. The summed E-state index contributed by atoms with van der Waals surface area (Å²) in [6.07, 6.45) is 0.341. The Morgan fingerprint density at radius 3 is 2.78 bits per heavy atom. The van der Waals surface area contributed by atoms with E-state index < -0.39 is 16.1 Å². The first-order valence-corrected chi connectivity index (χ1v) is 5.96. The number of carboxylic acids is 1. The second-order valence-corrected chi connectivity index (χ2v) is 4.62. The number of rotatable bonds is 5. The molecule has 0 aliphatic heterocycles. The summed E-state index contributed by atoms with van der Waals surface area (Å²) in [5.41, 5.74) is -0.394. The Kier molecular flexibility index (Phi) is 4.68. The van der Waals surface area contributed by atoms with E-state index in [1.165, 1.54) is 18.2 Å². The molecule has 1 N–H and O–H groups in total. The van der Waals surface area contributed by atoms with E-state index >= 15 is 0 Å². The fraction of sp³-hybridized carbons (Fsp3) is 0.273. The number of hydrogen-bond donors (Lipinski definition) is 1. The van der Waals surface area contributed by atoms with Gasteiger partial charge in [0.1, 0.15) is 16.9 Å². The van der Waals surface area contributed by atoms with E-state index in [0.29, 0.717) is 6.42 Å². The monoisotopic (exact) mass is 266 g/mol. The SMILES string of the molecule is CCC(Sc1cccc(C#N)c1[N+](=O)[O-])C(=O)O. The summed E-state index contributed by atoms with van der Waals surface area (Å²) in [4.78, 5) is 21.4. The van der Waals surface area contributed by atoms with Crippen LogP contribution in [-0.2, 0) is 4.79 Å². The molecule has 18 heavy (non-hydrogen) atoms. The van der Waals surface area contributed by atoms with Crippen molar-refractivity contribution in [3.63, 3.8) is 0 Å². The minimum atomic E-state index is -1.03. The molecule has 0 aromatic heterocycles. The van der Waals surface area contributed by atoms with Crippen molar-refractivity contribution < 1.29 is 14.8 Å². The van der Waals surface area contributed by atoms with E-state index in [1.54, 1.807) is 13.0 Å². The lowest BCUT2D eigenvalue weighted by Gasteiger charge is -2.09. The van der Waals surface area contributed by atoms with Crippen molar-refractivity contribution in [2.45, 2.75) is 23.5 Å². The van der Waals surface area contributed by atoms with Gasteiger partial charge in [0, 0.05) is 0 Å². The maximum Gasteiger partial charge on any atom is 0.316 e. The molecule has 0 aliphatic carbocycles. The number of para-hydroxylation sites is 1. The first-order valence-electron chi connectivity index (χ1n) is 5.08. The highest BCUT2D eigenvalue weighted by Gasteiger charge is 2.25. The van der Waals surface area contributed by atoms with Gasteiger partial charge in [-0.2, -0.15) is 5.26 Å². The van der Waals surface area contributed by atoms with E-state index in [0.717, 1.165) is 11.8 Å². The molecule has 0 aliphatic rings. The van der Waals surface area contributed by atoms with Crippen LogP contribution in [-0.4, -0.2) is 21.2 Å². The van der Waals surface area contributed by atoms with Crippen LogP contribution in [0.4, 0.5) is 5.69 Å². The quantitative estimate of drug-likeness (QED) is 0.498. The normalized spacial score (nSPS) is 11.6. The molecule has 0 spiro atoms. The van der Waals surface area contributed by atoms with Crippen LogP contribution in [0.5, 0.6) is 0 Å². The molecule has 1 unspecified atom stereocenters. The third-order valence-corrected chi connectivity index (χ3v) is 3.62. The van der Waals surface area contributed by atoms with E-state index in [-0.39, 0.29) is 16.1 Å². The fourth-order valence-corrected chi connectivity index (χ4v) is 2.38. The van der Waals surface area contributed by atoms with Crippen molar-refractivity contribution in [3.8, 4) is 6.07 Å². The van der Waals surface area contributed by atoms with Crippen LogP contribution in [0.15, 0.2) is 23.1 Å².